The van der Waals surface area contributed by atoms with E-state index < -0.39 is 0 Å². The molecule has 3 heterocycles. The van der Waals surface area contributed by atoms with Gasteiger partial charge < -0.3 is 14.9 Å². The Kier molecular flexibility index (Phi) is 6.34. The molecule has 0 bridgehead atoms. The van der Waals surface area contributed by atoms with Gasteiger partial charge in [-0.3, -0.25) is 14.5 Å². The van der Waals surface area contributed by atoms with E-state index in [1.165, 1.54) is 64.5 Å². The van der Waals surface area contributed by atoms with Crippen molar-refractivity contribution < 1.29 is 14.7 Å². The number of carbonyl (C=O) groups excluding carboxylic acids is 1. The minimum absolute atomic E-state index is 0.109. The van der Waals surface area contributed by atoms with Gasteiger partial charge in [0.25, 0.3) is 6.47 Å². The Hall–Kier alpha value is -1.14. The van der Waals surface area contributed by atoms with E-state index in [1.807, 2.05) is 0 Å². The standard InChI is InChI=1S/C18H31N3O.CH2O2/c1-14-18(22)20-10-4-7-17(20)13-21(14)16-8-11-19(12-9-16)15-5-2-3-6-15;2-1-3/h14-17H,2-13H2,1H3;1H,(H,2,3)/t14-,17+;/m1./s1. The van der Waals surface area contributed by atoms with Crippen LogP contribution >= 0.6 is 0 Å². The van der Waals surface area contributed by atoms with Crippen molar-refractivity contribution in [1.82, 2.24) is 14.7 Å². The summed E-state index contributed by atoms with van der Waals surface area (Å²) in [6, 6.07) is 2.12. The van der Waals surface area contributed by atoms with Gasteiger partial charge in [0.2, 0.25) is 5.91 Å². The summed E-state index contributed by atoms with van der Waals surface area (Å²) in [4.78, 5) is 28.4. The number of piperazine rings is 1. The lowest BCUT2D eigenvalue weighted by molar-refractivity contribution is -0.145. The molecule has 3 saturated heterocycles. The number of rotatable bonds is 2. The van der Waals surface area contributed by atoms with Crippen molar-refractivity contribution in [2.45, 2.75) is 82.5 Å². The zero-order chi connectivity index (χ0) is 17.8. The summed E-state index contributed by atoms with van der Waals surface area (Å²) in [5, 5.41) is 6.89. The quantitative estimate of drug-likeness (QED) is 0.769. The summed E-state index contributed by atoms with van der Waals surface area (Å²) in [5.74, 6) is 0.395. The van der Waals surface area contributed by atoms with E-state index in [0.717, 1.165) is 19.1 Å². The summed E-state index contributed by atoms with van der Waals surface area (Å²) in [6.07, 6.45) is 10.6. The van der Waals surface area contributed by atoms with Gasteiger partial charge in [-0.15, -0.1) is 0 Å². The van der Waals surface area contributed by atoms with E-state index in [2.05, 4.69) is 21.6 Å². The first kappa shape index (κ1) is 18.6. The first-order chi connectivity index (χ1) is 12.2. The van der Waals surface area contributed by atoms with Crippen molar-refractivity contribution in [2.24, 2.45) is 0 Å². The molecular formula is C19H33N3O3. The summed E-state index contributed by atoms with van der Waals surface area (Å²) in [5.41, 5.74) is 0. The van der Waals surface area contributed by atoms with Crippen molar-refractivity contribution in [3.05, 3.63) is 0 Å². The van der Waals surface area contributed by atoms with Crippen LogP contribution in [0.2, 0.25) is 0 Å². The summed E-state index contributed by atoms with van der Waals surface area (Å²) < 4.78 is 0. The number of hydrogen-bond donors (Lipinski definition) is 1. The molecule has 25 heavy (non-hydrogen) atoms. The predicted octanol–water partition coefficient (Wildman–Crippen LogP) is 1.79. The topological polar surface area (TPSA) is 64.1 Å². The third-order valence-electron chi connectivity index (χ3n) is 6.75. The number of carboxylic acid groups (broad SMARTS) is 1. The number of piperidine rings is 1. The van der Waals surface area contributed by atoms with E-state index in [4.69, 9.17) is 9.90 Å². The molecule has 1 aliphatic carbocycles. The highest BCUT2D eigenvalue weighted by Gasteiger charge is 2.43. The molecule has 0 spiro atoms. The number of fused-ring (bicyclic) bond motifs is 1. The SMILES string of the molecule is C[C@@H]1C(=O)N2CCC[C@H]2CN1C1CCN(C2CCCC2)CC1.O=CO. The Morgan fingerprint density at radius 3 is 2.16 bits per heavy atom. The van der Waals surface area contributed by atoms with Gasteiger partial charge in [0.1, 0.15) is 0 Å². The molecule has 1 saturated carbocycles. The van der Waals surface area contributed by atoms with Crippen LogP contribution in [-0.2, 0) is 9.59 Å². The summed E-state index contributed by atoms with van der Waals surface area (Å²) in [6.45, 7) is 6.52. The molecule has 4 rings (SSSR count). The van der Waals surface area contributed by atoms with E-state index in [9.17, 15) is 4.79 Å². The van der Waals surface area contributed by atoms with Crippen LogP contribution in [0.1, 0.15) is 58.3 Å². The van der Waals surface area contributed by atoms with Crippen LogP contribution in [0.4, 0.5) is 0 Å². The molecule has 4 fully saturated rings. The van der Waals surface area contributed by atoms with Gasteiger partial charge in [-0.05, 0) is 58.5 Å². The van der Waals surface area contributed by atoms with Crippen molar-refractivity contribution >= 4 is 12.4 Å². The number of nitrogens with zero attached hydrogens (tertiary/aromatic N) is 3. The lowest BCUT2D eigenvalue weighted by Gasteiger charge is -2.48. The normalized spacial score (nSPS) is 32.4. The molecule has 3 aliphatic heterocycles. The van der Waals surface area contributed by atoms with Gasteiger partial charge in [0.05, 0.1) is 6.04 Å². The van der Waals surface area contributed by atoms with Gasteiger partial charge in [0.15, 0.2) is 0 Å². The monoisotopic (exact) mass is 351 g/mol. The first-order valence-electron chi connectivity index (χ1n) is 10.0. The van der Waals surface area contributed by atoms with Crippen LogP contribution in [0, 0.1) is 0 Å². The second kappa shape index (κ2) is 8.49. The lowest BCUT2D eigenvalue weighted by Crippen LogP contribution is -2.62. The van der Waals surface area contributed by atoms with Crippen LogP contribution in [0.5, 0.6) is 0 Å². The molecule has 0 aromatic heterocycles. The second-order valence-corrected chi connectivity index (χ2v) is 8.01. The average molecular weight is 351 g/mol. The largest absolute Gasteiger partial charge is 0.483 e. The Balaban J connectivity index is 0.000000569. The third kappa shape index (κ3) is 4.00. The van der Waals surface area contributed by atoms with Crippen LogP contribution in [0.15, 0.2) is 0 Å². The smallest absolute Gasteiger partial charge is 0.290 e. The molecule has 142 valence electrons. The van der Waals surface area contributed by atoms with Crippen LogP contribution in [0.3, 0.4) is 0 Å². The van der Waals surface area contributed by atoms with Gasteiger partial charge in [-0.1, -0.05) is 12.8 Å². The fourth-order valence-electron chi connectivity index (χ4n) is 5.42. The first-order valence-corrected chi connectivity index (χ1v) is 10.0. The summed E-state index contributed by atoms with van der Waals surface area (Å²) >= 11 is 0. The maximum Gasteiger partial charge on any atom is 0.290 e. The third-order valence-corrected chi connectivity index (χ3v) is 6.75. The highest BCUT2D eigenvalue weighted by Crippen LogP contribution is 2.31. The number of likely N-dealkylation sites (tertiary alicyclic amines) is 1. The minimum Gasteiger partial charge on any atom is -0.483 e. The molecule has 0 radical (unpaired) electrons. The Bertz CT molecular complexity index is 459. The molecule has 0 aromatic rings. The molecule has 0 aromatic carbocycles. The predicted molar refractivity (Wildman–Crippen MR) is 96.4 cm³/mol. The van der Waals surface area contributed by atoms with Crippen molar-refractivity contribution in [3.8, 4) is 0 Å². The van der Waals surface area contributed by atoms with Crippen LogP contribution < -0.4 is 0 Å². The lowest BCUT2D eigenvalue weighted by atomic mass is 9.96. The minimum atomic E-state index is -0.250. The van der Waals surface area contributed by atoms with E-state index in [0.29, 0.717) is 18.0 Å². The second-order valence-electron chi connectivity index (χ2n) is 8.01. The molecular weight excluding hydrogens is 318 g/mol. The van der Waals surface area contributed by atoms with Gasteiger partial charge >= 0.3 is 0 Å². The maximum atomic E-state index is 12.6. The Labute approximate surface area is 151 Å². The van der Waals surface area contributed by atoms with Crippen molar-refractivity contribution in [3.63, 3.8) is 0 Å². The average Bonchev–Trinajstić information content (AvgIpc) is 3.30. The van der Waals surface area contributed by atoms with Gasteiger partial charge in [0, 0.05) is 31.2 Å². The number of amides is 1. The highest BCUT2D eigenvalue weighted by molar-refractivity contribution is 5.83. The maximum absolute atomic E-state index is 12.6. The fourth-order valence-corrected chi connectivity index (χ4v) is 5.42. The van der Waals surface area contributed by atoms with Gasteiger partial charge in [-0.25, -0.2) is 0 Å². The van der Waals surface area contributed by atoms with E-state index >= 15 is 0 Å². The molecule has 0 unspecified atom stereocenters. The zero-order valence-corrected chi connectivity index (χ0v) is 15.5. The van der Waals surface area contributed by atoms with E-state index in [-0.39, 0.29) is 12.5 Å². The van der Waals surface area contributed by atoms with Crippen LogP contribution in [-0.4, -0.2) is 82.5 Å². The Morgan fingerprint density at radius 2 is 1.52 bits per heavy atom. The van der Waals surface area contributed by atoms with Crippen molar-refractivity contribution in [2.75, 3.05) is 26.2 Å². The fraction of sp³-hybridized carbons (Fsp3) is 0.895. The van der Waals surface area contributed by atoms with Gasteiger partial charge in [-0.2, -0.15) is 0 Å². The summed E-state index contributed by atoms with van der Waals surface area (Å²) in [7, 11) is 0. The van der Waals surface area contributed by atoms with E-state index in [1.54, 1.807) is 0 Å². The Morgan fingerprint density at radius 1 is 0.920 bits per heavy atom. The molecule has 6 heteroatoms. The van der Waals surface area contributed by atoms with Crippen LogP contribution in [0.25, 0.3) is 0 Å². The molecule has 6 nitrogen and oxygen atoms in total. The number of carbonyl (C=O) groups is 2. The molecule has 4 aliphatic rings. The van der Waals surface area contributed by atoms with Crippen molar-refractivity contribution in [1.29, 1.82) is 0 Å². The highest BCUT2D eigenvalue weighted by atomic mass is 16.3. The number of hydrogen-bond acceptors (Lipinski definition) is 4. The zero-order valence-electron chi connectivity index (χ0n) is 15.5. The molecule has 1 amide bonds. The molecule has 2 atom stereocenters. The molecule has 1 N–H and O–H groups in total.